The highest BCUT2D eigenvalue weighted by atomic mass is 14.4. The van der Waals surface area contributed by atoms with Crippen molar-refractivity contribution >= 4 is 0 Å². The van der Waals surface area contributed by atoms with Crippen LogP contribution in [0.5, 0.6) is 0 Å². The topological polar surface area (TPSA) is 0 Å². The summed E-state index contributed by atoms with van der Waals surface area (Å²) in [5, 5.41) is 0. The molecule has 0 aromatic carbocycles. The second-order valence-corrected chi connectivity index (χ2v) is 3.25. The van der Waals surface area contributed by atoms with E-state index in [-0.39, 0.29) is 0 Å². The van der Waals surface area contributed by atoms with Crippen LogP contribution in [-0.2, 0) is 0 Å². The number of rotatable bonds is 0. The van der Waals surface area contributed by atoms with E-state index in [2.05, 4.69) is 25.3 Å². The lowest BCUT2D eigenvalue weighted by Gasteiger charge is -2.10. The van der Waals surface area contributed by atoms with Crippen LogP contribution in [0.4, 0.5) is 0 Å². The van der Waals surface area contributed by atoms with Crippen molar-refractivity contribution < 1.29 is 0 Å². The predicted molar refractivity (Wildman–Crippen MR) is 43.6 cm³/mol. The van der Waals surface area contributed by atoms with Crippen molar-refractivity contribution in [3.63, 3.8) is 0 Å². The summed E-state index contributed by atoms with van der Waals surface area (Å²) in [7, 11) is 0. The molecule has 2 aliphatic carbocycles. The van der Waals surface area contributed by atoms with Crippen molar-refractivity contribution in [2.75, 3.05) is 0 Å². The molecule has 0 heteroatoms. The molecule has 52 valence electrons. The first-order valence-corrected chi connectivity index (χ1v) is 3.83. The van der Waals surface area contributed by atoms with Crippen molar-refractivity contribution in [1.29, 1.82) is 0 Å². The standard InChI is InChI=1S/C10H12/c1-7-8(2)10-5-3-4-9(7)6-10/h3-4,9-10H,1-2,5-6H2. The maximum atomic E-state index is 4.04. The smallest absolute Gasteiger partial charge is 0.00206 e. The Morgan fingerprint density at radius 2 is 2.10 bits per heavy atom. The molecule has 2 bridgehead atoms. The first-order chi connectivity index (χ1) is 4.79. The van der Waals surface area contributed by atoms with Gasteiger partial charge in [-0.05, 0) is 29.9 Å². The molecule has 0 heterocycles. The first-order valence-electron chi connectivity index (χ1n) is 3.83. The minimum absolute atomic E-state index is 0.631. The molecule has 1 saturated carbocycles. The van der Waals surface area contributed by atoms with Gasteiger partial charge in [-0.3, -0.25) is 0 Å². The van der Waals surface area contributed by atoms with Crippen LogP contribution in [0.25, 0.3) is 0 Å². The van der Waals surface area contributed by atoms with Gasteiger partial charge in [-0.2, -0.15) is 0 Å². The Labute approximate surface area is 61.9 Å². The van der Waals surface area contributed by atoms with Gasteiger partial charge in [0.15, 0.2) is 0 Å². The van der Waals surface area contributed by atoms with Gasteiger partial charge in [0.1, 0.15) is 0 Å². The molecule has 2 atom stereocenters. The van der Waals surface area contributed by atoms with Crippen LogP contribution < -0.4 is 0 Å². The van der Waals surface area contributed by atoms with Gasteiger partial charge < -0.3 is 0 Å². The fourth-order valence-corrected chi connectivity index (χ4v) is 1.93. The molecule has 0 amide bonds. The van der Waals surface area contributed by atoms with Crippen LogP contribution in [-0.4, -0.2) is 0 Å². The highest BCUT2D eigenvalue weighted by Crippen LogP contribution is 2.44. The zero-order valence-corrected chi connectivity index (χ0v) is 6.14. The summed E-state index contributed by atoms with van der Waals surface area (Å²) in [6.45, 7) is 8.07. The Bertz CT molecular complexity index is 220. The number of fused-ring (bicyclic) bond motifs is 2. The quantitative estimate of drug-likeness (QED) is 0.444. The highest BCUT2D eigenvalue weighted by Gasteiger charge is 2.31. The van der Waals surface area contributed by atoms with E-state index in [1.807, 2.05) is 0 Å². The molecule has 0 spiro atoms. The third-order valence-electron chi connectivity index (χ3n) is 2.68. The van der Waals surface area contributed by atoms with Crippen LogP contribution in [0.1, 0.15) is 12.8 Å². The average molecular weight is 132 g/mol. The lowest BCUT2D eigenvalue weighted by molar-refractivity contribution is 0.564. The third-order valence-corrected chi connectivity index (χ3v) is 2.68. The summed E-state index contributed by atoms with van der Waals surface area (Å²) in [6, 6.07) is 0. The average Bonchev–Trinajstić information content (AvgIpc) is 2.17. The molecule has 2 unspecified atom stereocenters. The molecule has 0 N–H and O–H groups in total. The molecule has 0 aliphatic heterocycles. The van der Waals surface area contributed by atoms with Gasteiger partial charge in [-0.1, -0.05) is 25.3 Å². The molecule has 0 saturated heterocycles. The summed E-state index contributed by atoms with van der Waals surface area (Å²) in [5.41, 5.74) is 2.58. The predicted octanol–water partition coefficient (Wildman–Crippen LogP) is 2.69. The number of hydrogen-bond acceptors (Lipinski definition) is 0. The Kier molecular flexibility index (Phi) is 1.10. The molecule has 10 heavy (non-hydrogen) atoms. The molecule has 0 radical (unpaired) electrons. The van der Waals surface area contributed by atoms with Gasteiger partial charge in [-0.15, -0.1) is 0 Å². The summed E-state index contributed by atoms with van der Waals surface area (Å²) >= 11 is 0. The van der Waals surface area contributed by atoms with E-state index in [4.69, 9.17) is 0 Å². The van der Waals surface area contributed by atoms with E-state index in [0.717, 1.165) is 5.92 Å². The minimum atomic E-state index is 0.631. The zero-order valence-electron chi connectivity index (χ0n) is 6.14. The van der Waals surface area contributed by atoms with Crippen LogP contribution in [0.3, 0.4) is 0 Å². The third kappa shape index (κ3) is 0.620. The highest BCUT2D eigenvalue weighted by molar-refractivity contribution is 5.40. The molecule has 0 aromatic rings. The van der Waals surface area contributed by atoms with Gasteiger partial charge in [-0.25, -0.2) is 0 Å². The lowest BCUT2D eigenvalue weighted by atomic mass is 9.95. The van der Waals surface area contributed by atoms with Crippen molar-refractivity contribution in [2.45, 2.75) is 12.8 Å². The van der Waals surface area contributed by atoms with E-state index < -0.39 is 0 Å². The van der Waals surface area contributed by atoms with Crippen molar-refractivity contribution in [1.82, 2.24) is 0 Å². The van der Waals surface area contributed by atoms with Crippen LogP contribution >= 0.6 is 0 Å². The Hall–Kier alpha value is -0.780. The lowest BCUT2D eigenvalue weighted by Crippen LogP contribution is -1.98. The number of hydrogen-bond donors (Lipinski definition) is 0. The van der Waals surface area contributed by atoms with E-state index in [9.17, 15) is 0 Å². The second kappa shape index (κ2) is 1.85. The molecule has 2 rings (SSSR count). The molecule has 0 nitrogen and oxygen atoms in total. The summed E-state index contributed by atoms with van der Waals surface area (Å²) < 4.78 is 0. The van der Waals surface area contributed by atoms with E-state index in [1.165, 1.54) is 24.0 Å². The van der Waals surface area contributed by atoms with Gasteiger partial charge >= 0.3 is 0 Å². The van der Waals surface area contributed by atoms with Gasteiger partial charge in [0.2, 0.25) is 0 Å². The molecule has 1 fully saturated rings. The van der Waals surface area contributed by atoms with E-state index >= 15 is 0 Å². The zero-order chi connectivity index (χ0) is 7.14. The first kappa shape index (κ1) is 5.96. The fraction of sp³-hybridized carbons (Fsp3) is 0.400. The summed E-state index contributed by atoms with van der Waals surface area (Å²) in [6.07, 6.45) is 7.00. The molecular formula is C10H12. The number of allylic oxidation sites excluding steroid dienone is 4. The SMILES string of the molecule is C=C1C(=C)C2CC=CC1C2. The van der Waals surface area contributed by atoms with Crippen LogP contribution in [0, 0.1) is 11.8 Å². The largest absolute Gasteiger partial charge is 0.0953 e. The van der Waals surface area contributed by atoms with Gasteiger partial charge in [0, 0.05) is 5.92 Å². The molecule has 0 aromatic heterocycles. The van der Waals surface area contributed by atoms with Gasteiger partial charge in [0.05, 0.1) is 0 Å². The van der Waals surface area contributed by atoms with Gasteiger partial charge in [0.25, 0.3) is 0 Å². The Morgan fingerprint density at radius 3 is 2.70 bits per heavy atom. The molecular weight excluding hydrogens is 120 g/mol. The van der Waals surface area contributed by atoms with E-state index in [1.54, 1.807) is 0 Å². The Balaban J connectivity index is 2.39. The second-order valence-electron chi connectivity index (χ2n) is 3.25. The fourth-order valence-electron chi connectivity index (χ4n) is 1.93. The van der Waals surface area contributed by atoms with Crippen molar-refractivity contribution in [2.24, 2.45) is 11.8 Å². The van der Waals surface area contributed by atoms with Crippen LogP contribution in [0.2, 0.25) is 0 Å². The maximum Gasteiger partial charge on any atom is 0.00206 e. The van der Waals surface area contributed by atoms with Crippen molar-refractivity contribution in [3.05, 3.63) is 36.5 Å². The normalized spacial score (nSPS) is 37.2. The van der Waals surface area contributed by atoms with Crippen LogP contribution in [0.15, 0.2) is 36.5 Å². The molecule has 2 aliphatic rings. The Morgan fingerprint density at radius 1 is 1.30 bits per heavy atom. The summed E-state index contributed by atoms with van der Waals surface area (Å²) in [4.78, 5) is 0. The minimum Gasteiger partial charge on any atom is -0.0953 e. The van der Waals surface area contributed by atoms with Crippen molar-refractivity contribution in [3.8, 4) is 0 Å². The maximum absolute atomic E-state index is 4.04. The summed E-state index contributed by atoms with van der Waals surface area (Å²) in [5.74, 6) is 1.36. The monoisotopic (exact) mass is 132 g/mol. The van der Waals surface area contributed by atoms with E-state index in [0.29, 0.717) is 5.92 Å².